The number of rotatable bonds is 4. The van der Waals surface area contributed by atoms with Crippen LogP contribution in [0.2, 0.25) is 0 Å². The van der Waals surface area contributed by atoms with E-state index in [1.807, 2.05) is 0 Å². The lowest BCUT2D eigenvalue weighted by Gasteiger charge is -2.33. The van der Waals surface area contributed by atoms with E-state index in [-0.39, 0.29) is 11.4 Å². The zero-order valence-corrected chi connectivity index (χ0v) is 15.7. The van der Waals surface area contributed by atoms with Crippen molar-refractivity contribution in [1.82, 2.24) is 0 Å². The Morgan fingerprint density at radius 1 is 1.00 bits per heavy atom. The quantitative estimate of drug-likeness (QED) is 0.428. The minimum atomic E-state index is -2.03. The van der Waals surface area contributed by atoms with Crippen molar-refractivity contribution in [3.63, 3.8) is 0 Å². The Hall–Kier alpha value is -2.55. The third-order valence-corrected chi connectivity index (χ3v) is 4.36. The lowest BCUT2D eigenvalue weighted by atomic mass is 9.74. The van der Waals surface area contributed by atoms with Crippen LogP contribution in [0.5, 0.6) is 0 Å². The third kappa shape index (κ3) is 3.07. The number of benzene rings is 1. The van der Waals surface area contributed by atoms with E-state index in [1.165, 1.54) is 19.0 Å². The molecule has 0 atom stereocenters. The summed E-state index contributed by atoms with van der Waals surface area (Å²) in [5.74, 6) is -3.22. The number of ether oxygens (including phenoxy) is 2. The standard InChI is InChI=1S/C16H16BrN3O5/c1-9-16(15(23)25-4,13(21)14(22)24-3)10(2)19-20(18-9)12-7-5-11(17)6-8-12/h5-8H,1-4H3. The van der Waals surface area contributed by atoms with Gasteiger partial charge in [-0.1, -0.05) is 15.9 Å². The molecule has 0 amide bonds. The first-order chi connectivity index (χ1) is 11.8. The van der Waals surface area contributed by atoms with E-state index in [0.29, 0.717) is 5.69 Å². The number of esters is 2. The van der Waals surface area contributed by atoms with Crippen molar-refractivity contribution >= 4 is 50.8 Å². The van der Waals surface area contributed by atoms with E-state index in [9.17, 15) is 14.4 Å². The number of ketones is 1. The van der Waals surface area contributed by atoms with Crippen molar-refractivity contribution in [1.29, 1.82) is 0 Å². The van der Waals surface area contributed by atoms with Crippen molar-refractivity contribution < 1.29 is 23.9 Å². The monoisotopic (exact) mass is 409 g/mol. The molecule has 132 valence electrons. The van der Waals surface area contributed by atoms with E-state index in [2.05, 4.69) is 30.9 Å². The molecule has 9 heteroatoms. The first-order valence-corrected chi connectivity index (χ1v) is 7.96. The van der Waals surface area contributed by atoms with E-state index in [4.69, 9.17) is 4.74 Å². The summed E-state index contributed by atoms with van der Waals surface area (Å²) in [6.07, 6.45) is 0. The molecule has 2 rings (SSSR count). The van der Waals surface area contributed by atoms with Crippen LogP contribution in [-0.4, -0.2) is 43.4 Å². The molecule has 1 aromatic carbocycles. The molecule has 0 aliphatic carbocycles. The Kier molecular flexibility index (Phi) is 5.36. The van der Waals surface area contributed by atoms with Gasteiger partial charge in [-0.3, -0.25) is 9.59 Å². The predicted octanol–water partition coefficient (Wildman–Crippen LogP) is 1.92. The lowest BCUT2D eigenvalue weighted by molar-refractivity contribution is -0.160. The molecule has 0 saturated carbocycles. The van der Waals surface area contributed by atoms with Gasteiger partial charge in [-0.15, -0.1) is 0 Å². The summed E-state index contributed by atoms with van der Waals surface area (Å²) >= 11 is 3.34. The molecule has 0 fully saturated rings. The number of Topliss-reactive ketones (excluding diaryl/α,β-unsaturated/α-hetero) is 1. The van der Waals surface area contributed by atoms with Crippen LogP contribution in [0.1, 0.15) is 13.8 Å². The van der Waals surface area contributed by atoms with Gasteiger partial charge in [0.2, 0.25) is 5.41 Å². The zero-order chi connectivity index (χ0) is 18.8. The molecule has 0 aromatic heterocycles. The highest BCUT2D eigenvalue weighted by Gasteiger charge is 2.57. The maximum absolute atomic E-state index is 12.6. The number of hydrogen-bond donors (Lipinski definition) is 0. The van der Waals surface area contributed by atoms with Crippen LogP contribution < -0.4 is 5.12 Å². The van der Waals surface area contributed by atoms with Gasteiger partial charge in [0.1, 0.15) is 0 Å². The van der Waals surface area contributed by atoms with Gasteiger partial charge in [0.25, 0.3) is 5.78 Å². The zero-order valence-electron chi connectivity index (χ0n) is 14.1. The van der Waals surface area contributed by atoms with Gasteiger partial charge in [0.15, 0.2) is 0 Å². The molecule has 25 heavy (non-hydrogen) atoms. The number of hydrazone groups is 2. The topological polar surface area (TPSA) is 97.6 Å². The van der Waals surface area contributed by atoms with Crippen LogP contribution in [-0.2, 0) is 23.9 Å². The molecule has 0 bridgehead atoms. The number of carbonyl (C=O) groups is 3. The molecule has 1 heterocycles. The summed E-state index contributed by atoms with van der Waals surface area (Å²) in [7, 11) is 2.18. The largest absolute Gasteiger partial charge is 0.468 e. The van der Waals surface area contributed by atoms with Crippen LogP contribution in [0, 0.1) is 5.41 Å². The van der Waals surface area contributed by atoms with Gasteiger partial charge in [0.05, 0.1) is 31.3 Å². The Morgan fingerprint density at radius 3 is 1.96 bits per heavy atom. The molecule has 1 aliphatic rings. The summed E-state index contributed by atoms with van der Waals surface area (Å²) in [5.41, 5.74) is -1.30. The van der Waals surface area contributed by atoms with Crippen LogP contribution in [0.15, 0.2) is 38.9 Å². The highest BCUT2D eigenvalue weighted by molar-refractivity contribution is 9.10. The SMILES string of the molecule is COC(=O)C(=O)C1(C(=O)OC)C(C)=NN(c2ccc(Br)cc2)N=C1C. The second-order valence-corrected chi connectivity index (χ2v) is 6.11. The Labute approximate surface area is 152 Å². The van der Waals surface area contributed by atoms with E-state index >= 15 is 0 Å². The summed E-state index contributed by atoms with van der Waals surface area (Å²) in [4.78, 5) is 36.8. The summed E-state index contributed by atoms with van der Waals surface area (Å²) in [5, 5.41) is 9.70. The molecule has 1 aliphatic heterocycles. The van der Waals surface area contributed by atoms with Crippen LogP contribution in [0.4, 0.5) is 5.69 Å². The predicted molar refractivity (Wildman–Crippen MR) is 94.3 cm³/mol. The van der Waals surface area contributed by atoms with Gasteiger partial charge < -0.3 is 9.47 Å². The van der Waals surface area contributed by atoms with Crippen LogP contribution in [0.25, 0.3) is 0 Å². The van der Waals surface area contributed by atoms with Crippen molar-refractivity contribution in [2.24, 2.45) is 15.6 Å². The van der Waals surface area contributed by atoms with Gasteiger partial charge in [-0.05, 0) is 38.1 Å². The minimum Gasteiger partial charge on any atom is -0.468 e. The molecule has 0 unspecified atom stereocenters. The Morgan fingerprint density at radius 2 is 1.52 bits per heavy atom. The van der Waals surface area contributed by atoms with Crippen LogP contribution in [0.3, 0.4) is 0 Å². The van der Waals surface area contributed by atoms with E-state index in [1.54, 1.807) is 24.3 Å². The van der Waals surface area contributed by atoms with Crippen molar-refractivity contribution in [3.8, 4) is 0 Å². The van der Waals surface area contributed by atoms with Crippen molar-refractivity contribution in [2.75, 3.05) is 19.3 Å². The molecule has 0 radical (unpaired) electrons. The Bertz CT molecular complexity index is 765. The maximum Gasteiger partial charge on any atom is 0.376 e. The minimum absolute atomic E-state index is 0.0603. The van der Waals surface area contributed by atoms with E-state index < -0.39 is 23.1 Å². The normalized spacial score (nSPS) is 15.8. The van der Waals surface area contributed by atoms with Gasteiger partial charge in [0, 0.05) is 4.47 Å². The number of carbonyl (C=O) groups excluding carboxylic acids is 3. The molecule has 8 nitrogen and oxygen atoms in total. The smallest absolute Gasteiger partial charge is 0.376 e. The fourth-order valence-electron chi connectivity index (χ4n) is 2.52. The highest BCUT2D eigenvalue weighted by atomic mass is 79.9. The summed E-state index contributed by atoms with van der Waals surface area (Å²) in [6, 6.07) is 7.11. The summed E-state index contributed by atoms with van der Waals surface area (Å²) in [6.45, 7) is 2.92. The molecule has 1 aromatic rings. The fraction of sp³-hybridized carbons (Fsp3) is 0.312. The van der Waals surface area contributed by atoms with Crippen molar-refractivity contribution in [3.05, 3.63) is 28.7 Å². The molecule has 0 saturated heterocycles. The highest BCUT2D eigenvalue weighted by Crippen LogP contribution is 2.32. The number of methoxy groups -OCH3 is 2. The van der Waals surface area contributed by atoms with Gasteiger partial charge in [-0.2, -0.15) is 15.3 Å². The number of halogens is 1. The molecule has 0 N–H and O–H groups in total. The first kappa shape index (κ1) is 18.8. The number of hydrogen-bond acceptors (Lipinski definition) is 8. The van der Waals surface area contributed by atoms with E-state index in [0.717, 1.165) is 18.7 Å². The molecular formula is C16H16BrN3O5. The second-order valence-electron chi connectivity index (χ2n) is 5.20. The number of anilines is 1. The number of nitrogens with zero attached hydrogens (tertiary/aromatic N) is 3. The average Bonchev–Trinajstić information content (AvgIpc) is 2.60. The van der Waals surface area contributed by atoms with Crippen LogP contribution >= 0.6 is 15.9 Å². The molecule has 0 spiro atoms. The maximum atomic E-state index is 12.6. The molecular weight excluding hydrogens is 394 g/mol. The Balaban J connectivity index is 2.57. The van der Waals surface area contributed by atoms with Gasteiger partial charge in [-0.25, -0.2) is 4.79 Å². The third-order valence-electron chi connectivity index (χ3n) is 3.84. The summed E-state index contributed by atoms with van der Waals surface area (Å²) < 4.78 is 10.1. The van der Waals surface area contributed by atoms with Crippen molar-refractivity contribution in [2.45, 2.75) is 13.8 Å². The second kappa shape index (κ2) is 7.14. The fourth-order valence-corrected chi connectivity index (χ4v) is 2.79. The lowest BCUT2D eigenvalue weighted by Crippen LogP contribution is -2.56. The average molecular weight is 410 g/mol. The van der Waals surface area contributed by atoms with Gasteiger partial charge >= 0.3 is 11.9 Å². The first-order valence-electron chi connectivity index (χ1n) is 7.17.